The molecule has 0 aliphatic heterocycles. The molecule has 6 nitrogen and oxygen atoms in total. The number of aromatic nitrogens is 2. The van der Waals surface area contributed by atoms with Gasteiger partial charge in [0.25, 0.3) is 0 Å². The van der Waals surface area contributed by atoms with Crippen molar-refractivity contribution in [2.75, 3.05) is 24.7 Å². The first-order valence-electron chi connectivity index (χ1n) is 3.60. The van der Waals surface area contributed by atoms with Crippen molar-refractivity contribution in [2.45, 2.75) is 0 Å². The van der Waals surface area contributed by atoms with Crippen molar-refractivity contribution in [3.05, 3.63) is 12.5 Å². The fraction of sp³-hybridized carbons (Fsp3) is 0.286. The number of hydrogen-bond acceptors (Lipinski definition) is 6. The normalized spacial score (nSPS) is 9.31. The highest BCUT2D eigenvalue weighted by atomic mass is 16.5. The van der Waals surface area contributed by atoms with Crippen molar-refractivity contribution in [2.24, 2.45) is 0 Å². The minimum absolute atomic E-state index is 0.0394. The fourth-order valence-electron chi connectivity index (χ4n) is 0.716. The molecule has 0 saturated heterocycles. The maximum Gasteiger partial charge on any atom is 0.325 e. The Morgan fingerprint density at radius 1 is 1.77 bits per heavy atom. The smallest absolute Gasteiger partial charge is 0.325 e. The van der Waals surface area contributed by atoms with Gasteiger partial charge in [0, 0.05) is 0 Å². The molecule has 0 atom stereocenters. The van der Waals surface area contributed by atoms with Gasteiger partial charge in [-0.25, -0.2) is 9.97 Å². The Morgan fingerprint density at radius 3 is 3.15 bits per heavy atom. The van der Waals surface area contributed by atoms with Crippen LogP contribution in [0.4, 0.5) is 11.5 Å². The summed E-state index contributed by atoms with van der Waals surface area (Å²) in [5.41, 5.74) is 5.90. The lowest BCUT2D eigenvalue weighted by Gasteiger charge is -2.05. The van der Waals surface area contributed by atoms with E-state index in [-0.39, 0.29) is 12.5 Å². The molecular weight excluding hydrogens is 172 g/mol. The Balaban J connectivity index is 2.54. The number of nitrogens with one attached hydrogen (secondary N) is 1. The highest BCUT2D eigenvalue weighted by Gasteiger charge is 2.02. The molecule has 13 heavy (non-hydrogen) atoms. The largest absolute Gasteiger partial charge is 0.468 e. The molecule has 1 aromatic rings. The Labute approximate surface area is 75.1 Å². The maximum atomic E-state index is 10.7. The van der Waals surface area contributed by atoms with E-state index in [1.807, 2.05) is 0 Å². The first kappa shape index (κ1) is 9.24. The molecule has 70 valence electrons. The number of ether oxygens (including phenoxy) is 1. The molecule has 0 spiro atoms. The zero-order valence-corrected chi connectivity index (χ0v) is 7.15. The summed E-state index contributed by atoms with van der Waals surface area (Å²) >= 11 is 0. The van der Waals surface area contributed by atoms with Crippen LogP contribution in [0.2, 0.25) is 0 Å². The van der Waals surface area contributed by atoms with Crippen LogP contribution in [0.15, 0.2) is 12.5 Å². The summed E-state index contributed by atoms with van der Waals surface area (Å²) in [6, 6.07) is 0. The highest BCUT2D eigenvalue weighted by Crippen LogP contribution is 2.10. The van der Waals surface area contributed by atoms with Crippen molar-refractivity contribution in [3.63, 3.8) is 0 Å². The zero-order chi connectivity index (χ0) is 9.68. The summed E-state index contributed by atoms with van der Waals surface area (Å²) in [6.45, 7) is 0.0394. The number of anilines is 2. The number of rotatable bonds is 3. The molecule has 0 aromatic carbocycles. The second-order valence-corrected chi connectivity index (χ2v) is 2.26. The van der Waals surface area contributed by atoms with E-state index in [0.717, 1.165) is 0 Å². The van der Waals surface area contributed by atoms with Crippen molar-refractivity contribution in [1.29, 1.82) is 0 Å². The summed E-state index contributed by atoms with van der Waals surface area (Å²) in [5.74, 6) is 0.0541. The molecule has 0 radical (unpaired) electrons. The number of hydrogen-bond donors (Lipinski definition) is 2. The molecule has 1 rings (SSSR count). The van der Waals surface area contributed by atoms with Gasteiger partial charge in [-0.1, -0.05) is 0 Å². The molecule has 3 N–H and O–H groups in total. The van der Waals surface area contributed by atoms with E-state index in [2.05, 4.69) is 20.0 Å². The van der Waals surface area contributed by atoms with Crippen LogP contribution in [-0.2, 0) is 9.53 Å². The predicted octanol–water partition coefficient (Wildman–Crippen LogP) is -0.356. The number of nitrogens with two attached hydrogens (primary N) is 1. The molecule has 0 fully saturated rings. The van der Waals surface area contributed by atoms with Crippen LogP contribution in [0.3, 0.4) is 0 Å². The average molecular weight is 182 g/mol. The first-order valence-corrected chi connectivity index (χ1v) is 3.60. The highest BCUT2D eigenvalue weighted by molar-refractivity contribution is 5.75. The molecule has 0 unspecified atom stereocenters. The molecule has 0 aliphatic carbocycles. The topological polar surface area (TPSA) is 90.1 Å². The van der Waals surface area contributed by atoms with Gasteiger partial charge in [-0.3, -0.25) is 4.79 Å². The van der Waals surface area contributed by atoms with E-state index in [1.165, 1.54) is 19.6 Å². The Bertz CT molecular complexity index is 302. The molecular formula is C7H10N4O2. The van der Waals surface area contributed by atoms with E-state index in [9.17, 15) is 4.79 Å². The number of carbonyl (C=O) groups is 1. The van der Waals surface area contributed by atoms with Gasteiger partial charge in [0.2, 0.25) is 0 Å². The molecule has 6 heteroatoms. The van der Waals surface area contributed by atoms with Gasteiger partial charge in [-0.2, -0.15) is 0 Å². The van der Waals surface area contributed by atoms with Gasteiger partial charge in [-0.05, 0) is 0 Å². The fourth-order valence-corrected chi connectivity index (χ4v) is 0.716. The third-order valence-corrected chi connectivity index (χ3v) is 1.37. The Hall–Kier alpha value is -1.85. The SMILES string of the molecule is COC(=O)CNc1ncncc1N. The predicted molar refractivity (Wildman–Crippen MR) is 47.0 cm³/mol. The lowest BCUT2D eigenvalue weighted by atomic mass is 10.5. The average Bonchev–Trinajstić information content (AvgIpc) is 2.16. The lowest BCUT2D eigenvalue weighted by molar-refractivity contribution is -0.138. The summed E-state index contributed by atoms with van der Waals surface area (Å²) in [5, 5.41) is 2.71. The minimum atomic E-state index is -0.377. The van der Waals surface area contributed by atoms with Crippen molar-refractivity contribution >= 4 is 17.5 Å². The van der Waals surface area contributed by atoms with Crippen molar-refractivity contribution in [3.8, 4) is 0 Å². The monoisotopic (exact) mass is 182 g/mol. The third-order valence-electron chi connectivity index (χ3n) is 1.37. The number of nitrogen functional groups attached to an aromatic ring is 1. The first-order chi connectivity index (χ1) is 6.24. The second kappa shape index (κ2) is 4.24. The molecule has 0 aliphatic rings. The minimum Gasteiger partial charge on any atom is -0.468 e. The van der Waals surface area contributed by atoms with Gasteiger partial charge in [0.15, 0.2) is 5.82 Å². The molecule has 1 aromatic heterocycles. The Kier molecular flexibility index (Phi) is 3.02. The van der Waals surface area contributed by atoms with Crippen molar-refractivity contribution < 1.29 is 9.53 Å². The number of methoxy groups -OCH3 is 1. The van der Waals surface area contributed by atoms with Gasteiger partial charge >= 0.3 is 5.97 Å². The standard InChI is InChI=1S/C7H10N4O2/c1-13-6(12)3-10-7-5(8)2-9-4-11-7/h2,4H,3,8H2,1H3,(H,9,10,11). The van der Waals surface area contributed by atoms with Gasteiger partial charge in [0.05, 0.1) is 19.0 Å². The van der Waals surface area contributed by atoms with E-state index < -0.39 is 0 Å². The number of carbonyl (C=O) groups excluding carboxylic acids is 1. The van der Waals surface area contributed by atoms with Crippen LogP contribution in [0.5, 0.6) is 0 Å². The summed E-state index contributed by atoms with van der Waals surface area (Å²) in [4.78, 5) is 18.3. The number of esters is 1. The lowest BCUT2D eigenvalue weighted by Crippen LogP contribution is -2.16. The van der Waals surface area contributed by atoms with Crippen LogP contribution in [-0.4, -0.2) is 29.6 Å². The Morgan fingerprint density at radius 2 is 2.54 bits per heavy atom. The van der Waals surface area contributed by atoms with Crippen LogP contribution in [0.1, 0.15) is 0 Å². The van der Waals surface area contributed by atoms with Crippen LogP contribution in [0, 0.1) is 0 Å². The third kappa shape index (κ3) is 2.58. The van der Waals surface area contributed by atoms with E-state index in [0.29, 0.717) is 11.5 Å². The number of nitrogens with zero attached hydrogens (tertiary/aromatic N) is 2. The van der Waals surface area contributed by atoms with Crippen LogP contribution >= 0.6 is 0 Å². The van der Waals surface area contributed by atoms with Gasteiger partial charge < -0.3 is 15.8 Å². The summed E-state index contributed by atoms with van der Waals surface area (Å²) in [7, 11) is 1.31. The molecule has 0 saturated carbocycles. The van der Waals surface area contributed by atoms with E-state index in [1.54, 1.807) is 0 Å². The maximum absolute atomic E-state index is 10.7. The van der Waals surface area contributed by atoms with Crippen LogP contribution < -0.4 is 11.1 Å². The quantitative estimate of drug-likeness (QED) is 0.620. The van der Waals surface area contributed by atoms with E-state index >= 15 is 0 Å². The zero-order valence-electron chi connectivity index (χ0n) is 7.15. The van der Waals surface area contributed by atoms with Crippen molar-refractivity contribution in [1.82, 2.24) is 9.97 Å². The molecule has 0 amide bonds. The van der Waals surface area contributed by atoms with Gasteiger partial charge in [-0.15, -0.1) is 0 Å². The second-order valence-electron chi connectivity index (χ2n) is 2.26. The van der Waals surface area contributed by atoms with E-state index in [4.69, 9.17) is 5.73 Å². The van der Waals surface area contributed by atoms with Gasteiger partial charge in [0.1, 0.15) is 12.9 Å². The molecule has 1 heterocycles. The molecule has 0 bridgehead atoms. The summed E-state index contributed by atoms with van der Waals surface area (Å²) in [6.07, 6.45) is 2.79. The van der Waals surface area contributed by atoms with Crippen LogP contribution in [0.25, 0.3) is 0 Å². The summed E-state index contributed by atoms with van der Waals surface area (Å²) < 4.78 is 4.43.